The van der Waals surface area contributed by atoms with E-state index in [0.29, 0.717) is 38.5 Å². The summed E-state index contributed by atoms with van der Waals surface area (Å²) in [5.41, 5.74) is 0. The van der Waals surface area contributed by atoms with Gasteiger partial charge in [-0.25, -0.2) is 4.57 Å². The Morgan fingerprint density at radius 3 is 1.01 bits per heavy atom. The summed E-state index contributed by atoms with van der Waals surface area (Å²) >= 11 is 0. The highest BCUT2D eigenvalue weighted by molar-refractivity contribution is 7.47. The summed E-state index contributed by atoms with van der Waals surface area (Å²) in [5.74, 6) is -2.96. The molecule has 3 rings (SSSR count). The zero-order valence-electron chi connectivity index (χ0n) is 74.7. The predicted octanol–water partition coefficient (Wildman–Crippen LogP) is 18.3. The van der Waals surface area contributed by atoms with Crippen molar-refractivity contribution < 1.29 is 122 Å². The second kappa shape index (κ2) is 72.3. The molecule has 0 radical (unpaired) electrons. The van der Waals surface area contributed by atoms with Crippen LogP contribution < -0.4 is 0 Å². The number of hydrogen-bond donors (Lipinski definition) is 10. The first-order valence-corrected chi connectivity index (χ1v) is 49.9. The summed E-state index contributed by atoms with van der Waals surface area (Å²) < 4.78 is 73.5. The Kier molecular flexibility index (Phi) is 67.0. The monoisotopic (exact) mass is 1720 g/mol. The third kappa shape index (κ3) is 52.2. The van der Waals surface area contributed by atoms with Crippen LogP contribution in [0, 0.1) is 0 Å². The summed E-state index contributed by atoms with van der Waals surface area (Å²) in [6.45, 7) is 5.62. The van der Waals surface area contributed by atoms with Gasteiger partial charge < -0.3 is 88.7 Å². The van der Waals surface area contributed by atoms with Gasteiger partial charge in [-0.2, -0.15) is 0 Å². The van der Waals surface area contributed by atoms with Crippen LogP contribution in [0.2, 0.25) is 0 Å². The molecule has 1 saturated carbocycles. The van der Waals surface area contributed by atoms with Crippen LogP contribution in [0.3, 0.4) is 0 Å². The lowest BCUT2D eigenvalue weighted by Gasteiger charge is -2.50. The van der Waals surface area contributed by atoms with Gasteiger partial charge in [0.05, 0.1) is 13.2 Å². The first-order valence-electron chi connectivity index (χ1n) is 48.4. The fraction of sp³-hybridized carbons (Fsp3) is 0.935. The molecule has 3 fully saturated rings. The summed E-state index contributed by atoms with van der Waals surface area (Å²) in [4.78, 5) is 66.5. The molecule has 0 bridgehead atoms. The molecule has 18 unspecified atom stereocenters. The summed E-state index contributed by atoms with van der Waals surface area (Å²) in [6, 6.07) is 0. The van der Waals surface area contributed by atoms with Gasteiger partial charge in [0.25, 0.3) is 0 Å². The lowest BCUT2D eigenvalue weighted by Crippen LogP contribution is -2.70. The minimum atomic E-state index is -5.81. The first kappa shape index (κ1) is 110. The molecule has 1 aliphatic carbocycles. The maximum Gasteiger partial charge on any atom is 0.472 e. The van der Waals surface area contributed by atoms with Crippen LogP contribution in [0.25, 0.3) is 0 Å². The number of esters is 4. The highest BCUT2D eigenvalue weighted by atomic mass is 31.2. The van der Waals surface area contributed by atoms with Crippen molar-refractivity contribution in [3.05, 3.63) is 12.2 Å². The molecule has 0 aromatic carbocycles. The van der Waals surface area contributed by atoms with Crippen LogP contribution >= 0.6 is 7.82 Å². The highest BCUT2D eigenvalue weighted by Crippen LogP contribution is 2.49. The van der Waals surface area contributed by atoms with Crippen molar-refractivity contribution in [3.63, 3.8) is 0 Å². The lowest BCUT2D eigenvalue weighted by atomic mass is 9.84. The van der Waals surface area contributed by atoms with Crippen LogP contribution in [0.15, 0.2) is 12.2 Å². The first-order chi connectivity index (χ1) is 57.7. The summed E-state index contributed by atoms with van der Waals surface area (Å²) in [7, 11) is -5.81. The molecule has 25 nitrogen and oxygen atoms in total. The maximum atomic E-state index is 14.9. The second-order valence-corrected chi connectivity index (χ2v) is 36.0. The van der Waals surface area contributed by atoms with E-state index in [1.54, 1.807) is 0 Å². The number of hydrogen-bond acceptors (Lipinski definition) is 24. The molecule has 2 heterocycles. The van der Waals surface area contributed by atoms with E-state index in [-0.39, 0.29) is 25.7 Å². The van der Waals surface area contributed by atoms with Gasteiger partial charge in [-0.05, 0) is 51.4 Å². The number of phosphoric acid groups is 1. The molecule has 0 amide bonds. The fourth-order valence-corrected chi connectivity index (χ4v) is 17.0. The van der Waals surface area contributed by atoms with Crippen LogP contribution in [0.4, 0.5) is 0 Å². The van der Waals surface area contributed by atoms with E-state index >= 15 is 0 Å². The Bertz CT molecular complexity index is 2520. The lowest BCUT2D eigenvalue weighted by molar-refractivity contribution is -0.360. The molecule has 0 aromatic heterocycles. The van der Waals surface area contributed by atoms with Crippen molar-refractivity contribution in [2.75, 3.05) is 26.4 Å². The predicted molar refractivity (Wildman–Crippen MR) is 463 cm³/mol. The van der Waals surface area contributed by atoms with E-state index in [4.69, 9.17) is 46.9 Å². The van der Waals surface area contributed by atoms with E-state index in [2.05, 4.69) is 39.8 Å². The van der Waals surface area contributed by atoms with Crippen molar-refractivity contribution >= 4 is 31.7 Å². The van der Waals surface area contributed by atoms with Crippen molar-refractivity contribution in [2.45, 2.75) is 530 Å². The normalized spacial score (nSPS) is 24.8. The molecule has 10 N–H and O–H groups in total. The number of unbranched alkanes of at least 4 members (excludes halogenated alkanes) is 53. The molecule has 119 heavy (non-hydrogen) atoms. The molecule has 700 valence electrons. The van der Waals surface area contributed by atoms with Gasteiger partial charge in [0.2, 0.25) is 0 Å². The maximum absolute atomic E-state index is 14.9. The number of carbonyl (C=O) groups is 4. The average molecular weight is 1720 g/mol. The Balaban J connectivity index is 1.91. The standard InChI is InChI=1S/C93H173O25P/c1-5-9-13-17-21-25-29-33-36-39-42-46-49-53-57-61-65-76(95)109-70-73(112-78(97)67-63-59-55-51-47-44-40-37-34-30-26-22-18-14-10-6-2)71-111-119(107,108)118-91-89(116-92-86(105)82(101)80(99)74(69-94)113-92)85(104)84(103)88(115-79(98)68-64-60-56-52-48-43-38-35-31-27-23-19-15-11-7-3)90(91)117-93-87(106)83(102)81(100)75(114-93)72-110-77(96)66-62-58-54-50-45-41-32-28-24-20-16-12-8-4/h41,45,73-75,80-94,99-106H,5-40,42-44,46-72H2,1-4H3,(H,107,108)/b45-41-. The topological polar surface area (TPSA) is 380 Å². The minimum absolute atomic E-state index is 0.00417. The molecular weight excluding hydrogens is 1550 g/mol. The van der Waals surface area contributed by atoms with Crippen molar-refractivity contribution in [2.24, 2.45) is 0 Å². The number of rotatable bonds is 79. The third-order valence-electron chi connectivity index (χ3n) is 23.8. The molecular formula is C93H173O25P. The van der Waals surface area contributed by atoms with Gasteiger partial charge >= 0.3 is 31.7 Å². The Hall–Kier alpha value is -2.79. The van der Waals surface area contributed by atoms with Crippen molar-refractivity contribution in [1.29, 1.82) is 0 Å². The summed E-state index contributed by atoms with van der Waals surface area (Å²) in [5, 5.41) is 102. The number of aliphatic hydroxyl groups is 9. The van der Waals surface area contributed by atoms with E-state index in [0.717, 1.165) is 122 Å². The molecule has 18 atom stereocenters. The molecule has 0 spiro atoms. The number of ether oxygens (including phenoxy) is 8. The van der Waals surface area contributed by atoms with Crippen LogP contribution in [-0.2, 0) is 70.7 Å². The van der Waals surface area contributed by atoms with Gasteiger partial charge in [0, 0.05) is 25.7 Å². The zero-order valence-corrected chi connectivity index (χ0v) is 75.6. The SMILES string of the molecule is CCCCCCCC/C=C\CCCCCC(=O)OCC1OC(OC2C(OC(=O)CCCCCCCCCCCCCCCCC)C(O)C(O)C(OC3OC(CO)C(O)C(O)C3O)C2OP(=O)(O)OCC(COC(=O)CCCCCCCCCCCCCCCCCC)OC(=O)CCCCCCCCCCCCCCCCCC)C(O)C(O)C1O. The Labute approximate surface area is 718 Å². The Morgan fingerprint density at radius 1 is 0.328 bits per heavy atom. The molecule has 2 aliphatic heterocycles. The van der Waals surface area contributed by atoms with Gasteiger partial charge in [0.15, 0.2) is 24.8 Å². The van der Waals surface area contributed by atoms with Gasteiger partial charge in [0.1, 0.15) is 92.6 Å². The molecule has 2 saturated heterocycles. The third-order valence-corrected chi connectivity index (χ3v) is 24.8. The summed E-state index contributed by atoms with van der Waals surface area (Å²) in [6.07, 6.45) is 31.9. The molecule has 26 heteroatoms. The van der Waals surface area contributed by atoms with Crippen molar-refractivity contribution in [1.82, 2.24) is 0 Å². The van der Waals surface area contributed by atoms with E-state index in [1.165, 1.54) is 212 Å². The van der Waals surface area contributed by atoms with Crippen LogP contribution in [0.1, 0.15) is 426 Å². The zero-order chi connectivity index (χ0) is 86.8. The average Bonchev–Trinajstić information content (AvgIpc) is 0.753. The van der Waals surface area contributed by atoms with E-state index < -0.39 is 162 Å². The number of aliphatic hydroxyl groups excluding tert-OH is 9. The smallest absolute Gasteiger partial charge is 0.463 e. The van der Waals surface area contributed by atoms with Crippen molar-refractivity contribution in [3.8, 4) is 0 Å². The minimum Gasteiger partial charge on any atom is -0.463 e. The number of carbonyl (C=O) groups excluding carboxylic acids is 4. The van der Waals surface area contributed by atoms with E-state index in [1.807, 2.05) is 0 Å². The quantitative estimate of drug-likeness (QED) is 0.00889. The highest BCUT2D eigenvalue weighted by Gasteiger charge is 2.60. The molecule has 0 aromatic rings. The Morgan fingerprint density at radius 2 is 0.630 bits per heavy atom. The number of phosphoric ester groups is 1. The number of allylic oxidation sites excluding steroid dienone is 2. The van der Waals surface area contributed by atoms with Crippen LogP contribution in [-0.4, -0.2) is 205 Å². The van der Waals surface area contributed by atoms with Crippen LogP contribution in [0.5, 0.6) is 0 Å². The largest absolute Gasteiger partial charge is 0.472 e. The van der Waals surface area contributed by atoms with Gasteiger partial charge in [-0.15, -0.1) is 0 Å². The van der Waals surface area contributed by atoms with Gasteiger partial charge in [-0.3, -0.25) is 28.2 Å². The van der Waals surface area contributed by atoms with Gasteiger partial charge in [-0.1, -0.05) is 361 Å². The fourth-order valence-electron chi connectivity index (χ4n) is 16.1. The molecule has 3 aliphatic rings. The second-order valence-electron chi connectivity index (χ2n) is 34.6. The van der Waals surface area contributed by atoms with E-state index in [9.17, 15) is 74.6 Å².